The molecule has 0 fully saturated rings. The maximum absolute atomic E-state index is 13.1. The van der Waals surface area contributed by atoms with E-state index in [4.69, 9.17) is 4.74 Å². The summed E-state index contributed by atoms with van der Waals surface area (Å²) in [5.74, 6) is 0.757. The van der Waals surface area contributed by atoms with Crippen molar-refractivity contribution in [1.29, 1.82) is 0 Å². The van der Waals surface area contributed by atoms with Gasteiger partial charge in [-0.15, -0.1) is 0 Å². The topological polar surface area (TPSA) is 42.1 Å². The van der Waals surface area contributed by atoms with Crippen LogP contribution in [0.4, 0.5) is 0 Å². The van der Waals surface area contributed by atoms with Gasteiger partial charge in [0.15, 0.2) is 5.78 Å². The maximum Gasteiger partial charge on any atom is 0.195 e. The molecule has 0 bridgehead atoms. The van der Waals surface area contributed by atoms with Gasteiger partial charge in [-0.2, -0.15) is 0 Å². The number of aromatic amines is 1. The number of benzene rings is 3. The number of hydrogen-bond donors (Lipinski definition) is 1. The van der Waals surface area contributed by atoms with Crippen LogP contribution in [0, 0.1) is 0 Å². The summed E-state index contributed by atoms with van der Waals surface area (Å²) in [6.45, 7) is 0. The van der Waals surface area contributed by atoms with Gasteiger partial charge in [0.1, 0.15) is 5.75 Å². The molecule has 4 rings (SSSR count). The first kappa shape index (κ1) is 16.9. The van der Waals surface area contributed by atoms with Gasteiger partial charge in [0.05, 0.1) is 7.11 Å². The van der Waals surface area contributed by atoms with Gasteiger partial charge in [0.2, 0.25) is 0 Å². The zero-order valence-electron chi connectivity index (χ0n) is 15.0. The zero-order chi connectivity index (χ0) is 18.6. The highest BCUT2D eigenvalue weighted by molar-refractivity contribution is 6.13. The Labute approximate surface area is 158 Å². The Morgan fingerprint density at radius 1 is 0.778 bits per heavy atom. The first-order chi connectivity index (χ1) is 13.3. The minimum Gasteiger partial charge on any atom is -0.497 e. The number of hydrogen-bond acceptors (Lipinski definition) is 2. The summed E-state index contributed by atoms with van der Waals surface area (Å²) in [4.78, 5) is 16.1. The van der Waals surface area contributed by atoms with Crippen molar-refractivity contribution >= 4 is 5.78 Å². The van der Waals surface area contributed by atoms with E-state index in [0.29, 0.717) is 11.1 Å². The quantitative estimate of drug-likeness (QED) is 0.475. The minimum atomic E-state index is -0.00585. The third-order valence-electron chi connectivity index (χ3n) is 4.63. The molecule has 0 aliphatic rings. The van der Waals surface area contributed by atoms with Crippen LogP contribution < -0.4 is 4.74 Å². The fourth-order valence-electron chi connectivity index (χ4n) is 3.18. The molecule has 0 atom stereocenters. The summed E-state index contributed by atoms with van der Waals surface area (Å²) < 4.78 is 5.30. The summed E-state index contributed by atoms with van der Waals surface area (Å²) >= 11 is 0. The SMILES string of the molecule is COc1cccc(-c2c[nH]cc2C(=O)c2ccc(-c3ccccc3)cc2)c1. The summed E-state index contributed by atoms with van der Waals surface area (Å²) in [5.41, 5.74) is 5.35. The number of ketones is 1. The molecule has 132 valence electrons. The monoisotopic (exact) mass is 353 g/mol. The van der Waals surface area contributed by atoms with Crippen LogP contribution in [0.3, 0.4) is 0 Å². The van der Waals surface area contributed by atoms with Gasteiger partial charge in [-0.05, 0) is 28.8 Å². The second kappa shape index (κ2) is 7.34. The molecule has 0 saturated heterocycles. The predicted octanol–water partition coefficient (Wildman–Crippen LogP) is 5.59. The number of carbonyl (C=O) groups is 1. The van der Waals surface area contributed by atoms with E-state index >= 15 is 0 Å². The highest BCUT2D eigenvalue weighted by Gasteiger charge is 2.16. The van der Waals surface area contributed by atoms with E-state index in [1.165, 1.54) is 0 Å². The van der Waals surface area contributed by atoms with Crippen molar-refractivity contribution in [3.8, 4) is 28.0 Å². The van der Waals surface area contributed by atoms with Crippen LogP contribution in [0.5, 0.6) is 5.75 Å². The van der Waals surface area contributed by atoms with E-state index in [1.807, 2.05) is 72.9 Å². The van der Waals surface area contributed by atoms with Crippen LogP contribution in [0.15, 0.2) is 91.3 Å². The van der Waals surface area contributed by atoms with E-state index < -0.39 is 0 Å². The summed E-state index contributed by atoms with van der Waals surface area (Å²) in [7, 11) is 1.64. The first-order valence-electron chi connectivity index (χ1n) is 8.77. The van der Waals surface area contributed by atoms with Gasteiger partial charge in [-0.1, -0.05) is 66.7 Å². The van der Waals surface area contributed by atoms with Crippen LogP contribution in [0.2, 0.25) is 0 Å². The van der Waals surface area contributed by atoms with E-state index in [0.717, 1.165) is 28.0 Å². The molecule has 0 spiro atoms. The van der Waals surface area contributed by atoms with E-state index in [2.05, 4.69) is 17.1 Å². The number of H-pyrrole nitrogens is 1. The number of nitrogens with one attached hydrogen (secondary N) is 1. The normalized spacial score (nSPS) is 10.6. The van der Waals surface area contributed by atoms with Crippen molar-refractivity contribution in [3.05, 3.63) is 102 Å². The van der Waals surface area contributed by atoms with E-state index in [1.54, 1.807) is 13.3 Å². The Balaban J connectivity index is 1.65. The highest BCUT2D eigenvalue weighted by Crippen LogP contribution is 2.29. The van der Waals surface area contributed by atoms with Crippen LogP contribution in [-0.4, -0.2) is 17.9 Å². The molecule has 3 heteroatoms. The zero-order valence-corrected chi connectivity index (χ0v) is 15.0. The van der Waals surface area contributed by atoms with Crippen molar-refractivity contribution in [1.82, 2.24) is 4.98 Å². The molecule has 3 nitrogen and oxygen atoms in total. The minimum absolute atomic E-state index is 0.00585. The fraction of sp³-hybridized carbons (Fsp3) is 0.0417. The molecule has 0 amide bonds. The van der Waals surface area contributed by atoms with Crippen LogP contribution in [0.25, 0.3) is 22.3 Å². The number of carbonyl (C=O) groups excluding carboxylic acids is 1. The van der Waals surface area contributed by atoms with Crippen molar-refractivity contribution in [2.24, 2.45) is 0 Å². The summed E-state index contributed by atoms with van der Waals surface area (Å²) in [6, 6.07) is 25.6. The molecule has 3 aromatic carbocycles. The Hall–Kier alpha value is -3.59. The average molecular weight is 353 g/mol. The first-order valence-corrected chi connectivity index (χ1v) is 8.77. The average Bonchev–Trinajstić information content (AvgIpc) is 3.24. The second-order valence-corrected chi connectivity index (χ2v) is 6.29. The molecule has 0 radical (unpaired) electrons. The van der Waals surface area contributed by atoms with Crippen molar-refractivity contribution < 1.29 is 9.53 Å². The molecular formula is C24H19NO2. The lowest BCUT2D eigenvalue weighted by Crippen LogP contribution is -2.01. The molecular weight excluding hydrogens is 334 g/mol. The third kappa shape index (κ3) is 3.40. The smallest absolute Gasteiger partial charge is 0.195 e. The van der Waals surface area contributed by atoms with Crippen molar-refractivity contribution in [2.45, 2.75) is 0 Å². The molecule has 4 aromatic rings. The highest BCUT2D eigenvalue weighted by atomic mass is 16.5. The molecule has 0 unspecified atom stereocenters. The predicted molar refractivity (Wildman–Crippen MR) is 108 cm³/mol. The van der Waals surface area contributed by atoms with Crippen molar-refractivity contribution in [3.63, 3.8) is 0 Å². The van der Waals surface area contributed by atoms with E-state index in [-0.39, 0.29) is 5.78 Å². The lowest BCUT2D eigenvalue weighted by atomic mass is 9.96. The second-order valence-electron chi connectivity index (χ2n) is 6.29. The molecule has 0 aliphatic carbocycles. The Morgan fingerprint density at radius 2 is 1.48 bits per heavy atom. The van der Waals surface area contributed by atoms with Gasteiger partial charge >= 0.3 is 0 Å². The van der Waals surface area contributed by atoms with Gasteiger partial charge in [0, 0.05) is 29.1 Å². The molecule has 27 heavy (non-hydrogen) atoms. The van der Waals surface area contributed by atoms with Crippen molar-refractivity contribution in [2.75, 3.05) is 7.11 Å². The van der Waals surface area contributed by atoms with E-state index in [9.17, 15) is 4.79 Å². The number of ether oxygens (including phenoxy) is 1. The summed E-state index contributed by atoms with van der Waals surface area (Å²) in [6.07, 6.45) is 3.60. The van der Waals surface area contributed by atoms with Gasteiger partial charge in [0.25, 0.3) is 0 Å². The number of aromatic nitrogens is 1. The Kier molecular flexibility index (Phi) is 4.58. The molecule has 1 N–H and O–H groups in total. The standard InChI is InChI=1S/C24H19NO2/c1-27-21-9-5-8-20(14-21)22-15-25-16-23(22)24(26)19-12-10-18(11-13-19)17-6-3-2-4-7-17/h2-16,25H,1H3. The Bertz CT molecular complexity index is 1060. The third-order valence-corrected chi connectivity index (χ3v) is 4.63. The van der Waals surface area contributed by atoms with Gasteiger partial charge in [-0.25, -0.2) is 0 Å². The number of methoxy groups -OCH3 is 1. The summed E-state index contributed by atoms with van der Waals surface area (Å²) in [5, 5.41) is 0. The lowest BCUT2D eigenvalue weighted by Gasteiger charge is -2.07. The fourth-order valence-corrected chi connectivity index (χ4v) is 3.18. The van der Waals surface area contributed by atoms with Gasteiger partial charge in [-0.3, -0.25) is 4.79 Å². The molecule has 1 heterocycles. The maximum atomic E-state index is 13.1. The molecule has 1 aromatic heterocycles. The van der Waals surface area contributed by atoms with Gasteiger partial charge < -0.3 is 9.72 Å². The van der Waals surface area contributed by atoms with Crippen LogP contribution in [0.1, 0.15) is 15.9 Å². The molecule has 0 saturated carbocycles. The lowest BCUT2D eigenvalue weighted by molar-refractivity contribution is 0.103. The van der Waals surface area contributed by atoms with Crippen LogP contribution >= 0.6 is 0 Å². The largest absolute Gasteiger partial charge is 0.497 e. The Morgan fingerprint density at radius 3 is 2.22 bits per heavy atom. The van der Waals surface area contributed by atoms with Crippen LogP contribution in [-0.2, 0) is 0 Å². The number of rotatable bonds is 5. The molecule has 0 aliphatic heterocycles.